The maximum absolute atomic E-state index is 5.76. The van der Waals surface area contributed by atoms with Gasteiger partial charge < -0.3 is 10.5 Å². The van der Waals surface area contributed by atoms with Gasteiger partial charge in [0.1, 0.15) is 5.75 Å². The molecule has 0 saturated heterocycles. The highest BCUT2D eigenvalue weighted by molar-refractivity contribution is 5.26. The lowest BCUT2D eigenvalue weighted by molar-refractivity contribution is 0.153. The van der Waals surface area contributed by atoms with Crippen molar-refractivity contribution in [3.63, 3.8) is 0 Å². The van der Waals surface area contributed by atoms with Crippen molar-refractivity contribution in [3.05, 3.63) is 23.5 Å². The first-order chi connectivity index (χ1) is 7.89. The standard InChI is InChI=1S/C13H23N3O/c1-10-6-12(17-5)7-11(15-10)8-16(4)13(2,3)9-14/h6-7H,8-9,14H2,1-5H3. The zero-order valence-corrected chi connectivity index (χ0v) is 11.4. The van der Waals surface area contributed by atoms with E-state index in [1.807, 2.05) is 19.1 Å². The van der Waals surface area contributed by atoms with E-state index < -0.39 is 0 Å². The summed E-state index contributed by atoms with van der Waals surface area (Å²) in [5.41, 5.74) is 7.71. The van der Waals surface area contributed by atoms with Crippen LogP contribution in [0.15, 0.2) is 12.1 Å². The minimum Gasteiger partial charge on any atom is -0.497 e. The van der Waals surface area contributed by atoms with Gasteiger partial charge in [0.25, 0.3) is 0 Å². The third-order valence-corrected chi connectivity index (χ3v) is 3.15. The molecule has 0 aromatic carbocycles. The van der Waals surface area contributed by atoms with Crippen LogP contribution in [0, 0.1) is 6.92 Å². The molecule has 0 spiro atoms. The first kappa shape index (κ1) is 13.9. The van der Waals surface area contributed by atoms with E-state index in [1.165, 1.54) is 0 Å². The molecule has 0 bridgehead atoms. The van der Waals surface area contributed by atoms with Gasteiger partial charge in [-0.1, -0.05) is 0 Å². The summed E-state index contributed by atoms with van der Waals surface area (Å²) in [5, 5.41) is 0. The number of aryl methyl sites for hydroxylation is 1. The van der Waals surface area contributed by atoms with Crippen LogP contribution in [0.5, 0.6) is 5.75 Å². The second kappa shape index (κ2) is 5.47. The summed E-state index contributed by atoms with van der Waals surface area (Å²) >= 11 is 0. The first-order valence-corrected chi connectivity index (χ1v) is 5.82. The van der Waals surface area contributed by atoms with E-state index >= 15 is 0 Å². The average Bonchev–Trinajstić information content (AvgIpc) is 2.28. The third kappa shape index (κ3) is 3.68. The first-order valence-electron chi connectivity index (χ1n) is 5.82. The SMILES string of the molecule is COc1cc(C)nc(CN(C)C(C)(C)CN)c1. The predicted molar refractivity (Wildman–Crippen MR) is 70.1 cm³/mol. The largest absolute Gasteiger partial charge is 0.497 e. The van der Waals surface area contributed by atoms with Gasteiger partial charge in [-0.15, -0.1) is 0 Å². The molecule has 1 aromatic rings. The van der Waals surface area contributed by atoms with Gasteiger partial charge in [-0.2, -0.15) is 0 Å². The Kier molecular flexibility index (Phi) is 4.48. The van der Waals surface area contributed by atoms with E-state index in [-0.39, 0.29) is 5.54 Å². The zero-order chi connectivity index (χ0) is 13.1. The minimum absolute atomic E-state index is 0.0291. The van der Waals surface area contributed by atoms with Gasteiger partial charge >= 0.3 is 0 Å². The summed E-state index contributed by atoms with van der Waals surface area (Å²) in [4.78, 5) is 6.71. The van der Waals surface area contributed by atoms with Crippen LogP contribution in [0.3, 0.4) is 0 Å². The summed E-state index contributed by atoms with van der Waals surface area (Å²) in [6.07, 6.45) is 0. The number of aromatic nitrogens is 1. The minimum atomic E-state index is -0.0291. The molecule has 17 heavy (non-hydrogen) atoms. The molecule has 0 saturated carbocycles. The lowest BCUT2D eigenvalue weighted by atomic mass is 10.0. The van der Waals surface area contributed by atoms with Crippen LogP contribution in [-0.2, 0) is 6.54 Å². The highest BCUT2D eigenvalue weighted by Crippen LogP contribution is 2.18. The zero-order valence-electron chi connectivity index (χ0n) is 11.4. The Morgan fingerprint density at radius 3 is 2.59 bits per heavy atom. The van der Waals surface area contributed by atoms with Crippen LogP contribution in [0.25, 0.3) is 0 Å². The molecule has 0 atom stereocenters. The van der Waals surface area contributed by atoms with Gasteiger partial charge in [0.15, 0.2) is 0 Å². The van der Waals surface area contributed by atoms with E-state index in [2.05, 4.69) is 30.8 Å². The number of likely N-dealkylation sites (N-methyl/N-ethyl adjacent to an activating group) is 1. The van der Waals surface area contributed by atoms with Crippen molar-refractivity contribution in [1.82, 2.24) is 9.88 Å². The van der Waals surface area contributed by atoms with Crippen molar-refractivity contribution in [2.75, 3.05) is 20.7 Å². The maximum atomic E-state index is 5.76. The van der Waals surface area contributed by atoms with Crippen molar-refractivity contribution in [2.45, 2.75) is 32.9 Å². The molecule has 96 valence electrons. The lowest BCUT2D eigenvalue weighted by Gasteiger charge is -2.34. The molecule has 0 radical (unpaired) electrons. The van der Waals surface area contributed by atoms with Gasteiger partial charge in [0.05, 0.1) is 12.8 Å². The number of ether oxygens (including phenoxy) is 1. The average molecular weight is 237 g/mol. The Morgan fingerprint density at radius 1 is 1.41 bits per heavy atom. The van der Waals surface area contributed by atoms with E-state index in [0.29, 0.717) is 6.54 Å². The summed E-state index contributed by atoms with van der Waals surface area (Å²) in [6, 6.07) is 3.90. The summed E-state index contributed by atoms with van der Waals surface area (Å²) in [6.45, 7) is 7.61. The van der Waals surface area contributed by atoms with E-state index in [9.17, 15) is 0 Å². The molecule has 1 aromatic heterocycles. The lowest BCUT2D eigenvalue weighted by Crippen LogP contribution is -2.46. The van der Waals surface area contributed by atoms with Gasteiger partial charge in [-0.05, 0) is 27.8 Å². The Hall–Kier alpha value is -1.13. The molecule has 0 amide bonds. The van der Waals surface area contributed by atoms with Crippen molar-refractivity contribution in [1.29, 1.82) is 0 Å². The molecule has 1 heterocycles. The molecule has 4 nitrogen and oxygen atoms in total. The Labute approximate surface area is 104 Å². The number of hydrogen-bond donors (Lipinski definition) is 1. The number of nitrogens with zero attached hydrogens (tertiary/aromatic N) is 2. The number of rotatable bonds is 5. The van der Waals surface area contributed by atoms with Crippen molar-refractivity contribution >= 4 is 0 Å². The van der Waals surface area contributed by atoms with Crippen molar-refractivity contribution in [2.24, 2.45) is 5.73 Å². The van der Waals surface area contributed by atoms with Gasteiger partial charge in [-0.3, -0.25) is 9.88 Å². The summed E-state index contributed by atoms with van der Waals surface area (Å²) in [7, 11) is 3.73. The Balaban J connectivity index is 2.84. The summed E-state index contributed by atoms with van der Waals surface area (Å²) in [5.74, 6) is 0.853. The summed E-state index contributed by atoms with van der Waals surface area (Å²) < 4.78 is 5.25. The molecule has 4 heteroatoms. The van der Waals surface area contributed by atoms with Crippen LogP contribution >= 0.6 is 0 Å². The van der Waals surface area contributed by atoms with Crippen molar-refractivity contribution in [3.8, 4) is 5.75 Å². The molecule has 0 aliphatic heterocycles. The van der Waals surface area contributed by atoms with Crippen LogP contribution in [0.2, 0.25) is 0 Å². The van der Waals surface area contributed by atoms with E-state index in [4.69, 9.17) is 10.5 Å². The van der Waals surface area contributed by atoms with Crippen LogP contribution < -0.4 is 10.5 Å². The second-order valence-corrected chi connectivity index (χ2v) is 5.01. The molecule has 0 aliphatic rings. The highest BCUT2D eigenvalue weighted by atomic mass is 16.5. The van der Waals surface area contributed by atoms with E-state index in [0.717, 1.165) is 23.7 Å². The molecule has 0 fully saturated rings. The fraction of sp³-hybridized carbons (Fsp3) is 0.615. The number of nitrogens with two attached hydrogens (primary N) is 1. The maximum Gasteiger partial charge on any atom is 0.122 e. The quantitative estimate of drug-likeness (QED) is 0.844. The van der Waals surface area contributed by atoms with Gasteiger partial charge in [0.2, 0.25) is 0 Å². The monoisotopic (exact) mass is 237 g/mol. The van der Waals surface area contributed by atoms with Gasteiger partial charge in [-0.25, -0.2) is 0 Å². The number of hydrogen-bond acceptors (Lipinski definition) is 4. The van der Waals surface area contributed by atoms with Crippen LogP contribution in [0.1, 0.15) is 25.2 Å². The van der Waals surface area contributed by atoms with Crippen LogP contribution in [-0.4, -0.2) is 36.1 Å². The predicted octanol–water partition coefficient (Wildman–Crippen LogP) is 1.57. The molecule has 0 aliphatic carbocycles. The smallest absolute Gasteiger partial charge is 0.122 e. The molecule has 2 N–H and O–H groups in total. The number of methoxy groups -OCH3 is 1. The normalized spacial score (nSPS) is 11.9. The molecule has 1 rings (SSSR count). The highest BCUT2D eigenvalue weighted by Gasteiger charge is 2.22. The van der Waals surface area contributed by atoms with Crippen molar-refractivity contribution < 1.29 is 4.74 Å². The van der Waals surface area contributed by atoms with Crippen LogP contribution in [0.4, 0.5) is 0 Å². The Morgan fingerprint density at radius 2 is 2.06 bits per heavy atom. The molecule has 0 unspecified atom stereocenters. The fourth-order valence-electron chi connectivity index (χ4n) is 1.51. The molecular formula is C13H23N3O. The fourth-order valence-corrected chi connectivity index (χ4v) is 1.51. The topological polar surface area (TPSA) is 51.4 Å². The second-order valence-electron chi connectivity index (χ2n) is 5.01. The Bertz CT molecular complexity index is 377. The third-order valence-electron chi connectivity index (χ3n) is 3.15. The number of pyridine rings is 1. The molecular weight excluding hydrogens is 214 g/mol. The van der Waals surface area contributed by atoms with Gasteiger partial charge in [0, 0.05) is 36.5 Å². The van der Waals surface area contributed by atoms with E-state index in [1.54, 1.807) is 7.11 Å².